The lowest BCUT2D eigenvalue weighted by Gasteiger charge is -2.40. The first-order chi connectivity index (χ1) is 12.8. The zero-order valence-electron chi connectivity index (χ0n) is 15.8. The Morgan fingerprint density at radius 2 is 1.89 bits per heavy atom. The van der Waals surface area contributed by atoms with Gasteiger partial charge in [-0.2, -0.15) is 13.2 Å². The fraction of sp³-hybridized carbons (Fsp3) is 0.706. The topological polar surface area (TPSA) is 91.1 Å². The van der Waals surface area contributed by atoms with E-state index < -0.39 is 22.2 Å². The van der Waals surface area contributed by atoms with Crippen molar-refractivity contribution in [2.45, 2.75) is 38.9 Å². The number of halogens is 3. The van der Waals surface area contributed by atoms with Gasteiger partial charge in [-0.05, 0) is 50.3 Å². The number of piperidine rings is 1. The summed E-state index contributed by atoms with van der Waals surface area (Å²) in [5, 5.41) is 7.12. The SMILES string of the molecule is Cc1ccc(CN2CCCC3(CCN(S(C)(=O)=O)C3)C2)o1.O=C(O)C(F)(F)F. The van der Waals surface area contributed by atoms with Crippen LogP contribution in [-0.4, -0.2) is 67.3 Å². The van der Waals surface area contributed by atoms with Crippen LogP contribution in [0.25, 0.3) is 0 Å². The molecule has 0 aliphatic carbocycles. The van der Waals surface area contributed by atoms with E-state index in [4.69, 9.17) is 14.3 Å². The summed E-state index contributed by atoms with van der Waals surface area (Å²) < 4.78 is 62.5. The number of carboxylic acids is 1. The lowest BCUT2D eigenvalue weighted by molar-refractivity contribution is -0.192. The number of aliphatic carboxylic acids is 1. The van der Waals surface area contributed by atoms with Gasteiger partial charge in [-0.25, -0.2) is 17.5 Å². The number of likely N-dealkylation sites (tertiary alicyclic amines) is 1. The molecule has 1 unspecified atom stereocenters. The highest BCUT2D eigenvalue weighted by molar-refractivity contribution is 7.88. The number of rotatable bonds is 3. The molecular weight excluding hydrogens is 401 g/mol. The highest BCUT2D eigenvalue weighted by Gasteiger charge is 2.43. The van der Waals surface area contributed by atoms with Crippen LogP contribution in [0.15, 0.2) is 16.5 Å². The van der Waals surface area contributed by atoms with Gasteiger partial charge in [-0.3, -0.25) is 4.90 Å². The van der Waals surface area contributed by atoms with Gasteiger partial charge in [0.1, 0.15) is 11.5 Å². The van der Waals surface area contributed by atoms with E-state index in [2.05, 4.69) is 4.90 Å². The smallest absolute Gasteiger partial charge is 0.475 e. The van der Waals surface area contributed by atoms with Crippen LogP contribution in [0, 0.1) is 12.3 Å². The second-order valence-corrected chi connectivity index (χ2v) is 9.46. The highest BCUT2D eigenvalue weighted by atomic mass is 32.2. The Bertz CT molecular complexity index is 793. The average Bonchev–Trinajstić information content (AvgIpc) is 3.14. The molecule has 11 heteroatoms. The third-order valence-corrected chi connectivity index (χ3v) is 6.28. The minimum absolute atomic E-state index is 0.142. The second-order valence-electron chi connectivity index (χ2n) is 7.48. The summed E-state index contributed by atoms with van der Waals surface area (Å²) in [5.74, 6) is -0.809. The van der Waals surface area contributed by atoms with Crippen LogP contribution in [-0.2, 0) is 21.4 Å². The van der Waals surface area contributed by atoms with E-state index >= 15 is 0 Å². The Labute approximate surface area is 162 Å². The minimum Gasteiger partial charge on any atom is -0.475 e. The molecule has 0 radical (unpaired) electrons. The number of aryl methyl sites for hydroxylation is 1. The fourth-order valence-electron chi connectivity index (χ4n) is 3.75. The number of hydrogen-bond donors (Lipinski definition) is 1. The van der Waals surface area contributed by atoms with Crippen molar-refractivity contribution in [1.82, 2.24) is 9.21 Å². The fourth-order valence-corrected chi connectivity index (χ4v) is 4.68. The molecule has 28 heavy (non-hydrogen) atoms. The summed E-state index contributed by atoms with van der Waals surface area (Å²) in [5.41, 5.74) is 0.142. The molecular formula is C17H25F3N2O5S. The summed E-state index contributed by atoms with van der Waals surface area (Å²) in [6.45, 7) is 6.18. The third kappa shape index (κ3) is 6.21. The van der Waals surface area contributed by atoms with Gasteiger partial charge < -0.3 is 9.52 Å². The molecule has 1 aromatic heterocycles. The highest BCUT2D eigenvalue weighted by Crippen LogP contribution is 2.40. The van der Waals surface area contributed by atoms with Crippen molar-refractivity contribution in [2.24, 2.45) is 5.41 Å². The van der Waals surface area contributed by atoms with Crippen LogP contribution in [0.1, 0.15) is 30.8 Å². The molecule has 1 aromatic rings. The molecule has 0 bridgehead atoms. The molecule has 2 aliphatic rings. The van der Waals surface area contributed by atoms with E-state index in [0.717, 1.165) is 50.4 Å². The normalized spacial score (nSPS) is 24.2. The molecule has 2 aliphatic heterocycles. The zero-order chi connectivity index (χ0) is 21.2. The summed E-state index contributed by atoms with van der Waals surface area (Å²) in [4.78, 5) is 11.3. The average molecular weight is 426 g/mol. The van der Waals surface area contributed by atoms with Crippen molar-refractivity contribution >= 4 is 16.0 Å². The number of carboxylic acid groups (broad SMARTS) is 1. The van der Waals surface area contributed by atoms with Gasteiger partial charge in [0.15, 0.2) is 0 Å². The van der Waals surface area contributed by atoms with Crippen molar-refractivity contribution in [1.29, 1.82) is 0 Å². The molecule has 3 rings (SSSR count). The Kier molecular flexibility index (Phi) is 6.82. The maximum Gasteiger partial charge on any atom is 0.490 e. The molecule has 7 nitrogen and oxygen atoms in total. The summed E-state index contributed by atoms with van der Waals surface area (Å²) in [6, 6.07) is 4.03. The van der Waals surface area contributed by atoms with Gasteiger partial charge in [-0.1, -0.05) is 0 Å². The number of nitrogens with zero attached hydrogens (tertiary/aromatic N) is 2. The monoisotopic (exact) mass is 426 g/mol. The van der Waals surface area contributed by atoms with Crippen LogP contribution >= 0.6 is 0 Å². The maximum atomic E-state index is 11.7. The predicted molar refractivity (Wildman–Crippen MR) is 95.1 cm³/mol. The first kappa shape index (κ1) is 22.7. The molecule has 0 aromatic carbocycles. The minimum atomic E-state index is -5.08. The van der Waals surface area contributed by atoms with Crippen LogP contribution in [0.2, 0.25) is 0 Å². The molecule has 3 heterocycles. The Morgan fingerprint density at radius 3 is 2.36 bits per heavy atom. The molecule has 1 spiro atoms. The number of sulfonamides is 1. The Balaban J connectivity index is 0.000000345. The van der Waals surface area contributed by atoms with Crippen LogP contribution in [0.3, 0.4) is 0 Å². The number of alkyl halides is 3. The van der Waals surface area contributed by atoms with Gasteiger partial charge in [0.25, 0.3) is 0 Å². The predicted octanol–water partition coefficient (Wildman–Crippen LogP) is 2.47. The molecule has 1 N–H and O–H groups in total. The second kappa shape index (κ2) is 8.42. The zero-order valence-corrected chi connectivity index (χ0v) is 16.6. The Morgan fingerprint density at radius 1 is 1.25 bits per heavy atom. The van der Waals surface area contributed by atoms with Gasteiger partial charge in [0.2, 0.25) is 10.0 Å². The number of hydrogen-bond acceptors (Lipinski definition) is 5. The maximum absolute atomic E-state index is 11.7. The van der Waals surface area contributed by atoms with Crippen molar-refractivity contribution in [3.8, 4) is 0 Å². The van der Waals surface area contributed by atoms with Crippen LogP contribution in [0.5, 0.6) is 0 Å². The lowest BCUT2D eigenvalue weighted by atomic mass is 9.79. The summed E-state index contributed by atoms with van der Waals surface area (Å²) in [7, 11) is -3.05. The van der Waals surface area contributed by atoms with Crippen molar-refractivity contribution in [3.05, 3.63) is 23.7 Å². The molecule has 0 amide bonds. The van der Waals surface area contributed by atoms with Gasteiger partial charge >= 0.3 is 12.1 Å². The molecule has 0 saturated carbocycles. The lowest BCUT2D eigenvalue weighted by Crippen LogP contribution is -2.44. The molecule has 2 fully saturated rings. The summed E-state index contributed by atoms with van der Waals surface area (Å²) >= 11 is 0. The van der Waals surface area contributed by atoms with E-state index in [1.54, 1.807) is 4.31 Å². The van der Waals surface area contributed by atoms with Gasteiger partial charge in [0.05, 0.1) is 12.8 Å². The van der Waals surface area contributed by atoms with Gasteiger partial charge in [-0.15, -0.1) is 0 Å². The van der Waals surface area contributed by atoms with Crippen LogP contribution in [0.4, 0.5) is 13.2 Å². The van der Waals surface area contributed by atoms with Crippen molar-refractivity contribution < 1.29 is 35.9 Å². The summed E-state index contributed by atoms with van der Waals surface area (Å²) in [6.07, 6.45) is -0.518. The quantitative estimate of drug-likeness (QED) is 0.799. The van der Waals surface area contributed by atoms with E-state index in [9.17, 15) is 21.6 Å². The van der Waals surface area contributed by atoms with Crippen molar-refractivity contribution in [3.63, 3.8) is 0 Å². The molecule has 160 valence electrons. The standard InChI is InChI=1S/C15H24N2O3S.C2HF3O2/c1-13-4-5-14(20-13)10-16-8-3-6-15(11-16)7-9-17(12-15)21(2,18)19;3-2(4,5)1(6)7/h4-5H,3,6-12H2,1-2H3;(H,6,7). The molecule has 2 saturated heterocycles. The van der Waals surface area contributed by atoms with E-state index in [1.807, 2.05) is 19.1 Å². The van der Waals surface area contributed by atoms with E-state index in [-0.39, 0.29) is 5.41 Å². The largest absolute Gasteiger partial charge is 0.490 e. The first-order valence-electron chi connectivity index (χ1n) is 8.84. The Hall–Kier alpha value is -1.59. The molecule has 1 atom stereocenters. The van der Waals surface area contributed by atoms with Crippen LogP contribution < -0.4 is 0 Å². The van der Waals surface area contributed by atoms with E-state index in [0.29, 0.717) is 13.1 Å². The van der Waals surface area contributed by atoms with E-state index in [1.165, 1.54) is 6.26 Å². The van der Waals surface area contributed by atoms with Gasteiger partial charge in [0, 0.05) is 19.6 Å². The number of furan rings is 1. The van der Waals surface area contributed by atoms with Crippen molar-refractivity contribution in [2.75, 3.05) is 32.4 Å². The first-order valence-corrected chi connectivity index (χ1v) is 10.7. The third-order valence-electron chi connectivity index (χ3n) is 5.03. The number of carbonyl (C=O) groups is 1.